The largest absolute Gasteiger partial charge is 0.462 e. The Morgan fingerprint density at radius 1 is 1.48 bits per heavy atom. The predicted octanol–water partition coefficient (Wildman–Crippen LogP) is 2.24. The molecule has 1 aliphatic rings. The van der Waals surface area contributed by atoms with Crippen LogP contribution in [-0.4, -0.2) is 50.2 Å². The molecule has 21 heavy (non-hydrogen) atoms. The Balaban J connectivity index is 2.44. The molecule has 0 bridgehead atoms. The minimum absolute atomic E-state index is 0.262. The molecule has 1 saturated heterocycles. The standard InChI is InChI=1S/C15H22ClN3O2/c1-4-21-15(20)12-7-11(17)8-13(16)14(12)19-6-5-18(3)9-10(19)2/h7-8,10H,4-6,9,17H2,1-3H3. The average Bonchev–Trinajstić information content (AvgIpc) is 2.39. The number of esters is 1. The van der Waals surface area contributed by atoms with Crippen molar-refractivity contribution in [1.82, 2.24) is 4.90 Å². The number of hydrogen-bond donors (Lipinski definition) is 1. The molecule has 0 spiro atoms. The highest BCUT2D eigenvalue weighted by Gasteiger charge is 2.28. The maximum Gasteiger partial charge on any atom is 0.340 e. The number of nitrogen functional groups attached to an aromatic ring is 1. The number of ether oxygens (including phenoxy) is 1. The zero-order valence-electron chi connectivity index (χ0n) is 12.7. The first-order valence-electron chi connectivity index (χ1n) is 7.15. The van der Waals surface area contributed by atoms with Crippen LogP contribution in [0.5, 0.6) is 0 Å². The summed E-state index contributed by atoms with van der Waals surface area (Å²) < 4.78 is 5.14. The summed E-state index contributed by atoms with van der Waals surface area (Å²) in [6.07, 6.45) is 0. The third kappa shape index (κ3) is 3.41. The summed E-state index contributed by atoms with van der Waals surface area (Å²) in [5.74, 6) is -0.382. The normalized spacial score (nSPS) is 19.6. The maximum atomic E-state index is 12.2. The quantitative estimate of drug-likeness (QED) is 0.685. The van der Waals surface area contributed by atoms with Crippen LogP contribution in [0.1, 0.15) is 24.2 Å². The highest BCUT2D eigenvalue weighted by atomic mass is 35.5. The topological polar surface area (TPSA) is 58.8 Å². The van der Waals surface area contributed by atoms with E-state index < -0.39 is 0 Å². The number of carbonyl (C=O) groups excluding carboxylic acids is 1. The summed E-state index contributed by atoms with van der Waals surface area (Å²) >= 11 is 6.37. The van der Waals surface area contributed by atoms with Crippen molar-refractivity contribution in [2.75, 3.05) is 43.9 Å². The molecule has 0 saturated carbocycles. The highest BCUT2D eigenvalue weighted by Crippen LogP contribution is 2.35. The Labute approximate surface area is 130 Å². The second-order valence-corrected chi connectivity index (χ2v) is 5.83. The van der Waals surface area contributed by atoms with Crippen LogP contribution in [0.15, 0.2) is 12.1 Å². The molecule has 0 radical (unpaired) electrons. The predicted molar refractivity (Wildman–Crippen MR) is 86.1 cm³/mol. The van der Waals surface area contributed by atoms with Gasteiger partial charge in [-0.1, -0.05) is 11.6 Å². The van der Waals surface area contributed by atoms with E-state index in [9.17, 15) is 4.79 Å². The number of likely N-dealkylation sites (N-methyl/N-ethyl adjacent to an activating group) is 1. The molecule has 0 aliphatic carbocycles. The lowest BCUT2D eigenvalue weighted by molar-refractivity contribution is 0.0527. The van der Waals surface area contributed by atoms with E-state index in [0.29, 0.717) is 22.9 Å². The molecule has 5 nitrogen and oxygen atoms in total. The Bertz CT molecular complexity index is 536. The molecule has 116 valence electrons. The summed E-state index contributed by atoms with van der Waals surface area (Å²) in [7, 11) is 2.09. The summed E-state index contributed by atoms with van der Waals surface area (Å²) in [5.41, 5.74) is 7.47. The number of benzene rings is 1. The van der Waals surface area contributed by atoms with Gasteiger partial charge in [0.15, 0.2) is 0 Å². The zero-order chi connectivity index (χ0) is 15.6. The van der Waals surface area contributed by atoms with Crippen molar-refractivity contribution in [3.05, 3.63) is 22.7 Å². The van der Waals surface area contributed by atoms with Crippen LogP contribution >= 0.6 is 11.6 Å². The molecule has 1 aromatic rings. The number of carbonyl (C=O) groups is 1. The number of nitrogens with two attached hydrogens (primary N) is 1. The molecular weight excluding hydrogens is 290 g/mol. The summed E-state index contributed by atoms with van der Waals surface area (Å²) in [5, 5.41) is 0.495. The number of halogens is 1. The van der Waals surface area contributed by atoms with Crippen molar-refractivity contribution in [3.63, 3.8) is 0 Å². The number of nitrogens with zero attached hydrogens (tertiary/aromatic N) is 2. The second-order valence-electron chi connectivity index (χ2n) is 5.42. The van der Waals surface area contributed by atoms with Crippen molar-refractivity contribution in [2.45, 2.75) is 19.9 Å². The molecule has 0 amide bonds. The van der Waals surface area contributed by atoms with E-state index in [-0.39, 0.29) is 12.0 Å². The Kier molecular flexibility index (Phi) is 4.96. The first-order valence-corrected chi connectivity index (χ1v) is 7.53. The van der Waals surface area contributed by atoms with Gasteiger partial charge in [0.25, 0.3) is 0 Å². The van der Waals surface area contributed by atoms with Gasteiger partial charge in [-0.3, -0.25) is 0 Å². The van der Waals surface area contributed by atoms with Gasteiger partial charge in [0.1, 0.15) is 0 Å². The minimum atomic E-state index is -0.382. The summed E-state index contributed by atoms with van der Waals surface area (Å²) in [4.78, 5) is 16.6. The zero-order valence-corrected chi connectivity index (χ0v) is 13.5. The van der Waals surface area contributed by atoms with Crippen LogP contribution in [0, 0.1) is 0 Å². The fraction of sp³-hybridized carbons (Fsp3) is 0.533. The summed E-state index contributed by atoms with van der Waals surface area (Å²) in [6.45, 7) is 6.88. The van der Waals surface area contributed by atoms with E-state index in [0.717, 1.165) is 25.3 Å². The van der Waals surface area contributed by atoms with Crippen LogP contribution in [0.2, 0.25) is 5.02 Å². The molecule has 2 rings (SSSR count). The van der Waals surface area contributed by atoms with E-state index in [4.69, 9.17) is 22.1 Å². The lowest BCUT2D eigenvalue weighted by Gasteiger charge is -2.40. The van der Waals surface area contributed by atoms with Crippen LogP contribution in [0.3, 0.4) is 0 Å². The third-order valence-electron chi connectivity index (χ3n) is 3.70. The SMILES string of the molecule is CCOC(=O)c1cc(N)cc(Cl)c1N1CCN(C)CC1C. The maximum absolute atomic E-state index is 12.2. The van der Waals surface area contributed by atoms with Crippen molar-refractivity contribution >= 4 is 28.9 Å². The number of rotatable bonds is 3. The van der Waals surface area contributed by atoms with Gasteiger partial charge in [-0.25, -0.2) is 4.79 Å². The van der Waals surface area contributed by atoms with Crippen molar-refractivity contribution in [3.8, 4) is 0 Å². The Morgan fingerprint density at radius 2 is 2.19 bits per heavy atom. The van der Waals surface area contributed by atoms with Crippen molar-refractivity contribution in [2.24, 2.45) is 0 Å². The third-order valence-corrected chi connectivity index (χ3v) is 3.99. The van der Waals surface area contributed by atoms with Crippen LogP contribution < -0.4 is 10.6 Å². The number of piperazine rings is 1. The first-order chi connectivity index (χ1) is 9.93. The van der Waals surface area contributed by atoms with Crippen molar-refractivity contribution in [1.29, 1.82) is 0 Å². The second kappa shape index (κ2) is 6.54. The van der Waals surface area contributed by atoms with E-state index >= 15 is 0 Å². The molecule has 1 unspecified atom stereocenters. The van der Waals surface area contributed by atoms with Crippen LogP contribution in [-0.2, 0) is 4.74 Å². The van der Waals surface area contributed by atoms with E-state index in [1.165, 1.54) is 0 Å². The molecule has 2 N–H and O–H groups in total. The molecule has 0 aromatic heterocycles. The lowest BCUT2D eigenvalue weighted by atomic mass is 10.1. The average molecular weight is 312 g/mol. The van der Waals surface area contributed by atoms with Gasteiger partial charge in [-0.15, -0.1) is 0 Å². The Hall–Kier alpha value is -1.46. The molecule has 1 atom stereocenters. The fourth-order valence-corrected chi connectivity index (χ4v) is 3.08. The smallest absolute Gasteiger partial charge is 0.340 e. The Morgan fingerprint density at radius 3 is 2.81 bits per heavy atom. The molecule has 1 aromatic carbocycles. The molecule has 1 aliphatic heterocycles. The lowest BCUT2D eigenvalue weighted by Crippen LogP contribution is -2.51. The van der Waals surface area contributed by atoms with E-state index in [1.807, 2.05) is 0 Å². The van der Waals surface area contributed by atoms with Crippen LogP contribution in [0.25, 0.3) is 0 Å². The first kappa shape index (κ1) is 15.9. The van der Waals surface area contributed by atoms with E-state index in [2.05, 4.69) is 23.8 Å². The van der Waals surface area contributed by atoms with Gasteiger partial charge in [-0.05, 0) is 33.0 Å². The number of anilines is 2. The number of hydrogen-bond acceptors (Lipinski definition) is 5. The van der Waals surface area contributed by atoms with Gasteiger partial charge >= 0.3 is 5.97 Å². The monoisotopic (exact) mass is 311 g/mol. The van der Waals surface area contributed by atoms with Crippen LogP contribution in [0.4, 0.5) is 11.4 Å². The van der Waals surface area contributed by atoms with Gasteiger partial charge in [-0.2, -0.15) is 0 Å². The van der Waals surface area contributed by atoms with Gasteiger partial charge in [0, 0.05) is 31.4 Å². The highest BCUT2D eigenvalue weighted by molar-refractivity contribution is 6.34. The molecule has 1 fully saturated rings. The van der Waals surface area contributed by atoms with E-state index in [1.54, 1.807) is 19.1 Å². The molecular formula is C15H22ClN3O2. The molecule has 6 heteroatoms. The van der Waals surface area contributed by atoms with Gasteiger partial charge < -0.3 is 20.3 Å². The molecule has 1 heterocycles. The van der Waals surface area contributed by atoms with Gasteiger partial charge in [0.05, 0.1) is 22.9 Å². The van der Waals surface area contributed by atoms with Gasteiger partial charge in [0.2, 0.25) is 0 Å². The minimum Gasteiger partial charge on any atom is -0.462 e. The van der Waals surface area contributed by atoms with Crippen molar-refractivity contribution < 1.29 is 9.53 Å². The fourth-order valence-electron chi connectivity index (χ4n) is 2.75. The summed E-state index contributed by atoms with van der Waals surface area (Å²) in [6, 6.07) is 3.59.